The second kappa shape index (κ2) is 16.9. The average molecular weight is 809 g/mol. The van der Waals surface area contributed by atoms with Crippen molar-refractivity contribution in [2.45, 2.75) is 16.7 Å². The number of para-hydroxylation sites is 1. The molecule has 0 saturated heterocycles. The van der Waals surface area contributed by atoms with Crippen molar-refractivity contribution in [3.05, 3.63) is 83.6 Å². The van der Waals surface area contributed by atoms with E-state index >= 15 is 0 Å². The zero-order valence-corrected chi connectivity index (χ0v) is 30.4. The van der Waals surface area contributed by atoms with E-state index < -0.39 is 43.5 Å². The summed E-state index contributed by atoms with van der Waals surface area (Å²) in [6, 6.07) is 19.1. The number of aliphatic imine (C=N–C) groups is 1. The molecule has 52 heavy (non-hydrogen) atoms. The smallest absolute Gasteiger partial charge is 0.397 e. The summed E-state index contributed by atoms with van der Waals surface area (Å²) < 4.78 is 73.2. The molecule has 0 bridgehead atoms. The number of nitrogens with one attached hydrogen (secondary N) is 2. The van der Waals surface area contributed by atoms with E-state index in [9.17, 15) is 26.5 Å². The van der Waals surface area contributed by atoms with Gasteiger partial charge in [0.05, 0.1) is 30.0 Å². The lowest BCUT2D eigenvalue weighted by Crippen LogP contribution is -2.10. The molecule has 0 atom stereocenters. The predicted octanol–water partition coefficient (Wildman–Crippen LogP) is 6.90. The number of nitrogens with zero attached hydrogens (tertiary/aromatic N) is 6. The molecule has 1 aromatic heterocycles. The third-order valence-electron chi connectivity index (χ3n) is 6.44. The molecule has 0 amide bonds. The van der Waals surface area contributed by atoms with Crippen LogP contribution < -0.4 is 10.6 Å². The minimum absolute atomic E-state index is 0.0114. The highest BCUT2D eigenvalue weighted by Gasteiger charge is 2.22. The quantitative estimate of drug-likeness (QED) is 0.00767. The molecule has 0 saturated carbocycles. The van der Waals surface area contributed by atoms with Gasteiger partial charge in [0.15, 0.2) is 10.9 Å². The molecule has 18 nitrogen and oxygen atoms in total. The minimum atomic E-state index is -4.91. The molecule has 0 fully saturated rings. The van der Waals surface area contributed by atoms with E-state index in [1.54, 1.807) is 18.2 Å². The summed E-state index contributed by atoms with van der Waals surface area (Å²) in [4.78, 5) is 21.3. The van der Waals surface area contributed by atoms with E-state index in [1.807, 2.05) is 31.2 Å². The van der Waals surface area contributed by atoms with Crippen molar-refractivity contribution in [2.24, 2.45) is 15.2 Å². The maximum absolute atomic E-state index is 12.4. The molecule has 0 aliphatic heterocycles. The molecule has 1 heterocycles. The highest BCUT2D eigenvalue weighted by molar-refractivity contribution is 7.97. The molecule has 0 spiro atoms. The third kappa shape index (κ3) is 11.0. The van der Waals surface area contributed by atoms with Crippen LogP contribution in [0.1, 0.15) is 5.56 Å². The Bertz CT molecular complexity index is 2390. The van der Waals surface area contributed by atoms with Crippen LogP contribution in [0.4, 0.5) is 34.6 Å². The Balaban J connectivity index is 1.31. The Morgan fingerprint density at radius 2 is 1.67 bits per heavy atom. The van der Waals surface area contributed by atoms with Crippen molar-refractivity contribution in [1.82, 2.24) is 15.0 Å². The first kappa shape index (κ1) is 38.7. The minimum Gasteiger partial charge on any atom is -0.505 e. The number of aromatic hydroxyl groups is 1. The molecule has 5 aromatic rings. The summed E-state index contributed by atoms with van der Waals surface area (Å²) in [5, 5.41) is 25.1. The van der Waals surface area contributed by atoms with Crippen LogP contribution in [0.15, 0.2) is 97.8 Å². The number of aromatic nitrogens is 3. The molecule has 5 N–H and O–H groups in total. The lowest BCUT2D eigenvalue weighted by molar-refractivity contribution is -0.195. The van der Waals surface area contributed by atoms with Crippen molar-refractivity contribution in [3.63, 3.8) is 0 Å². The van der Waals surface area contributed by atoms with E-state index in [4.69, 9.17) is 25.4 Å². The van der Waals surface area contributed by atoms with E-state index in [2.05, 4.69) is 57.6 Å². The first-order valence-electron chi connectivity index (χ1n) is 14.3. The average Bonchev–Trinajstić information content (AvgIpc) is 3.06. The molecular formula is C29H25ClN8O10S4. The van der Waals surface area contributed by atoms with Crippen LogP contribution in [0.5, 0.6) is 5.75 Å². The van der Waals surface area contributed by atoms with E-state index in [0.717, 1.165) is 23.7 Å². The van der Waals surface area contributed by atoms with Crippen LogP contribution in [-0.4, -0.2) is 64.4 Å². The molecule has 0 unspecified atom stereocenters. The van der Waals surface area contributed by atoms with E-state index in [0.29, 0.717) is 16.3 Å². The second-order valence-electron chi connectivity index (χ2n) is 10.1. The van der Waals surface area contributed by atoms with Crippen LogP contribution in [0.3, 0.4) is 0 Å². The number of anilines is 3. The fourth-order valence-corrected chi connectivity index (χ4v) is 5.94. The van der Waals surface area contributed by atoms with Gasteiger partial charge in [0.1, 0.15) is 17.2 Å². The second-order valence-corrected chi connectivity index (χ2v) is 14.1. The Morgan fingerprint density at radius 3 is 2.38 bits per heavy atom. The molecule has 0 radical (unpaired) electrons. The van der Waals surface area contributed by atoms with Crippen LogP contribution in [-0.2, 0) is 33.9 Å². The topological polar surface area (TPSA) is 256 Å². The van der Waals surface area contributed by atoms with Gasteiger partial charge in [-0.15, -0.1) is 17.7 Å². The van der Waals surface area contributed by atoms with Crippen molar-refractivity contribution in [2.75, 3.05) is 23.8 Å². The molecule has 5 rings (SSSR count). The number of hydrogen-bond donors (Lipinski definition) is 6. The SMILES string of the molecule is Cc1ccccc1N=C(S)Nc1nc(Cl)nc(Nc2ccc3c(O)c(N=Nc4ccc(SOOCCOS(=O)(=O)O)cc4)c(S(=O)(=O)O)cc3c2)n1. The number of hydrogen-bond acceptors (Lipinski definition) is 16. The van der Waals surface area contributed by atoms with Gasteiger partial charge in [0.2, 0.25) is 17.2 Å². The van der Waals surface area contributed by atoms with Gasteiger partial charge in [-0.05, 0) is 84.1 Å². The lowest BCUT2D eigenvalue weighted by Gasteiger charge is -2.11. The number of fused-ring (bicyclic) bond motifs is 1. The van der Waals surface area contributed by atoms with Gasteiger partial charge in [-0.2, -0.15) is 41.2 Å². The van der Waals surface area contributed by atoms with Gasteiger partial charge in [-0.1, -0.05) is 18.2 Å². The Kier molecular flexibility index (Phi) is 12.6. The first-order chi connectivity index (χ1) is 24.6. The Morgan fingerprint density at radius 1 is 0.942 bits per heavy atom. The number of rotatable bonds is 14. The fourth-order valence-electron chi connectivity index (χ4n) is 4.19. The summed E-state index contributed by atoms with van der Waals surface area (Å²) >= 11 is 11.3. The van der Waals surface area contributed by atoms with Crippen molar-refractivity contribution in [3.8, 4) is 5.75 Å². The Labute approximate surface area is 310 Å². The van der Waals surface area contributed by atoms with E-state index in [-0.39, 0.29) is 45.4 Å². The standard InChI is InChI=1S/C29H25ClN8O10S4/c1-16-4-2-3-5-22(16)32-29(49)36-28-34-26(30)33-27(35-28)31-19-8-11-21-17(14-19)15-23(51(40,41)42)24(25(21)39)38-37-18-6-9-20(10-7-18)50-48-46-12-13-47-52(43,44)45/h2-11,14-15,39H,12-13H2,1H3,(H,40,41,42)(H,43,44,45)(H3,31,32,33,34,35,36,49). The highest BCUT2D eigenvalue weighted by Crippen LogP contribution is 2.42. The molecule has 4 aromatic carbocycles. The summed E-state index contributed by atoms with van der Waals surface area (Å²) in [5.41, 5.74) is 1.70. The van der Waals surface area contributed by atoms with Gasteiger partial charge in [-0.3, -0.25) is 9.11 Å². The first-order valence-corrected chi connectivity index (χ1v) is 18.7. The van der Waals surface area contributed by atoms with Crippen LogP contribution in [0, 0.1) is 6.92 Å². The molecule has 272 valence electrons. The maximum atomic E-state index is 12.4. The number of phenols is 1. The summed E-state index contributed by atoms with van der Waals surface area (Å²) in [6.45, 7) is 1.13. The number of amidine groups is 1. The van der Waals surface area contributed by atoms with Crippen LogP contribution in [0.25, 0.3) is 10.8 Å². The summed E-state index contributed by atoms with van der Waals surface area (Å²) in [6.07, 6.45) is 0. The van der Waals surface area contributed by atoms with Crippen LogP contribution >= 0.6 is 36.3 Å². The monoisotopic (exact) mass is 808 g/mol. The molecule has 0 aliphatic rings. The van der Waals surface area contributed by atoms with Crippen molar-refractivity contribution in [1.29, 1.82) is 0 Å². The number of aryl methyl sites for hydroxylation is 1. The number of halogens is 1. The predicted molar refractivity (Wildman–Crippen MR) is 195 cm³/mol. The van der Waals surface area contributed by atoms with Gasteiger partial charge >= 0.3 is 10.4 Å². The Hall–Kier alpha value is -4.49. The maximum Gasteiger partial charge on any atom is 0.397 e. The summed E-state index contributed by atoms with van der Waals surface area (Å²) in [5.74, 6) is -0.526. The lowest BCUT2D eigenvalue weighted by atomic mass is 10.1. The van der Waals surface area contributed by atoms with Gasteiger partial charge in [-0.25, -0.2) is 14.1 Å². The van der Waals surface area contributed by atoms with Crippen molar-refractivity contribution < 1.29 is 44.5 Å². The van der Waals surface area contributed by atoms with E-state index in [1.165, 1.54) is 24.3 Å². The normalized spacial score (nSPS) is 12.4. The third-order valence-corrected chi connectivity index (χ3v) is 8.78. The number of phenolic OH excluding ortho intramolecular Hbond substituents is 1. The zero-order chi connectivity index (χ0) is 37.5. The van der Waals surface area contributed by atoms with Gasteiger partial charge < -0.3 is 15.7 Å². The highest BCUT2D eigenvalue weighted by atomic mass is 35.5. The van der Waals surface area contributed by atoms with Crippen LogP contribution in [0.2, 0.25) is 5.28 Å². The van der Waals surface area contributed by atoms with Gasteiger partial charge in [0.25, 0.3) is 10.1 Å². The summed E-state index contributed by atoms with van der Waals surface area (Å²) in [7, 11) is -9.49. The molecule has 0 aliphatic carbocycles. The largest absolute Gasteiger partial charge is 0.505 e. The van der Waals surface area contributed by atoms with Gasteiger partial charge in [0, 0.05) is 16.0 Å². The molecular weight excluding hydrogens is 784 g/mol. The number of azo groups is 1. The zero-order valence-electron chi connectivity index (χ0n) is 26.3. The van der Waals surface area contributed by atoms with Crippen molar-refractivity contribution >= 4 is 107 Å². The number of benzene rings is 4. The fraction of sp³-hybridized carbons (Fsp3) is 0.103. The number of thiol groups is 1. The molecule has 23 heteroatoms.